The fourth-order valence-electron chi connectivity index (χ4n) is 4.89. The van der Waals surface area contributed by atoms with Gasteiger partial charge in [-0.2, -0.15) is 5.10 Å². The normalized spacial score (nSPS) is 14.3. The van der Waals surface area contributed by atoms with Gasteiger partial charge in [-0.1, -0.05) is 30.3 Å². The number of hydrogen-bond acceptors (Lipinski definition) is 5. The Morgan fingerprint density at radius 2 is 1.82 bits per heavy atom. The topological polar surface area (TPSA) is 90.6 Å². The molecule has 9 nitrogen and oxygen atoms in total. The summed E-state index contributed by atoms with van der Waals surface area (Å²) in [6, 6.07) is 21.1. The fraction of sp³-hybridized carbons (Fsp3) is 0.276. The van der Waals surface area contributed by atoms with Crippen molar-refractivity contribution in [2.75, 3.05) is 20.3 Å². The highest BCUT2D eigenvalue weighted by molar-refractivity contribution is 5.77. The number of nitrogens with one attached hydrogen (secondary N) is 1. The molecule has 2 aromatic heterocycles. The highest BCUT2D eigenvalue weighted by Gasteiger charge is 2.36. The largest absolute Gasteiger partial charge is 0.497 e. The van der Waals surface area contributed by atoms with Gasteiger partial charge in [-0.05, 0) is 55.8 Å². The van der Waals surface area contributed by atoms with Crippen molar-refractivity contribution in [3.8, 4) is 17.3 Å². The molecule has 3 heterocycles. The maximum absolute atomic E-state index is 13.7. The molecular formula is C29H31N5O4. The molecule has 0 saturated heterocycles. The van der Waals surface area contributed by atoms with Crippen molar-refractivity contribution in [3.05, 3.63) is 95.4 Å². The lowest BCUT2D eigenvalue weighted by atomic mass is 10.0. The average Bonchev–Trinajstić information content (AvgIpc) is 3.50. The van der Waals surface area contributed by atoms with Gasteiger partial charge in [-0.25, -0.2) is 9.48 Å². The third kappa shape index (κ3) is 4.74. The summed E-state index contributed by atoms with van der Waals surface area (Å²) < 4.78 is 14.4. The third-order valence-electron chi connectivity index (χ3n) is 6.69. The van der Waals surface area contributed by atoms with E-state index < -0.39 is 6.04 Å². The second-order valence-electron chi connectivity index (χ2n) is 9.03. The van der Waals surface area contributed by atoms with Crippen LogP contribution < -0.4 is 10.1 Å². The van der Waals surface area contributed by atoms with Gasteiger partial charge in [0.2, 0.25) is 0 Å². The Morgan fingerprint density at radius 3 is 2.53 bits per heavy atom. The number of para-hydroxylation sites is 1. The summed E-state index contributed by atoms with van der Waals surface area (Å²) >= 11 is 0. The number of nitrogens with zero attached hydrogens (tertiary/aromatic N) is 4. The van der Waals surface area contributed by atoms with E-state index in [2.05, 4.69) is 9.88 Å². The first-order chi connectivity index (χ1) is 18.5. The Kier molecular flexibility index (Phi) is 7.17. The lowest BCUT2D eigenvalue weighted by Crippen LogP contribution is -2.42. The molecule has 5 rings (SSSR count). The molecule has 9 heteroatoms. The number of amides is 2. The standard InChI is InChI=1S/C29H31N5O4/c1-4-38-26(35)16-17-30-29(36)33-19-24-20(2)31-34(22-9-6-5-7-10-22)28(24)32-18-8-11-25(32)27(33)21-12-14-23(37-3)15-13-21/h5-15,18,27H,4,16-17,19H2,1-3H3,(H,30,36)/t27-/m1/s1. The first-order valence-electron chi connectivity index (χ1n) is 12.7. The Morgan fingerprint density at radius 1 is 1.05 bits per heavy atom. The van der Waals surface area contributed by atoms with Gasteiger partial charge in [-0.15, -0.1) is 0 Å². The number of carbonyl (C=O) groups excluding carboxylic acids is 2. The van der Waals surface area contributed by atoms with Crippen LogP contribution in [-0.4, -0.2) is 51.5 Å². The number of aromatic nitrogens is 3. The van der Waals surface area contributed by atoms with Crippen LogP contribution in [-0.2, 0) is 16.1 Å². The monoisotopic (exact) mass is 513 g/mol. The van der Waals surface area contributed by atoms with Crippen LogP contribution in [0.3, 0.4) is 0 Å². The van der Waals surface area contributed by atoms with Gasteiger partial charge in [0.05, 0.1) is 49.8 Å². The van der Waals surface area contributed by atoms with Crippen LogP contribution in [0.1, 0.15) is 41.9 Å². The Balaban J connectivity index is 1.60. The number of carbonyl (C=O) groups is 2. The van der Waals surface area contributed by atoms with E-state index in [4.69, 9.17) is 14.6 Å². The summed E-state index contributed by atoms with van der Waals surface area (Å²) in [6.45, 7) is 4.55. The number of hydrogen-bond donors (Lipinski definition) is 1. The first-order valence-corrected chi connectivity index (χ1v) is 12.7. The molecule has 1 aliphatic heterocycles. The van der Waals surface area contributed by atoms with Gasteiger partial charge < -0.3 is 24.3 Å². The predicted octanol–water partition coefficient (Wildman–Crippen LogP) is 4.55. The summed E-state index contributed by atoms with van der Waals surface area (Å²) in [6.07, 6.45) is 2.11. The van der Waals surface area contributed by atoms with Crippen LogP contribution >= 0.6 is 0 Å². The molecule has 196 valence electrons. The van der Waals surface area contributed by atoms with E-state index in [0.717, 1.165) is 39.8 Å². The SMILES string of the molecule is CCOC(=O)CCNC(=O)N1Cc2c(C)nn(-c3ccccc3)c2-n2cccc2[C@H]1c1ccc(OC)cc1. The molecular weight excluding hydrogens is 482 g/mol. The van der Waals surface area contributed by atoms with Crippen molar-refractivity contribution < 1.29 is 19.1 Å². The average molecular weight is 514 g/mol. The van der Waals surface area contributed by atoms with E-state index in [-0.39, 0.29) is 25.0 Å². The van der Waals surface area contributed by atoms with E-state index in [0.29, 0.717) is 13.2 Å². The van der Waals surface area contributed by atoms with E-state index in [9.17, 15) is 9.59 Å². The van der Waals surface area contributed by atoms with Crippen LogP contribution in [0.2, 0.25) is 0 Å². The van der Waals surface area contributed by atoms with Crippen LogP contribution in [0.15, 0.2) is 72.9 Å². The summed E-state index contributed by atoms with van der Waals surface area (Å²) in [5.74, 6) is 1.29. The molecule has 0 spiro atoms. The molecule has 4 aromatic rings. The van der Waals surface area contributed by atoms with Crippen LogP contribution in [0.25, 0.3) is 11.5 Å². The Bertz CT molecular complexity index is 1430. The van der Waals surface area contributed by atoms with Crippen LogP contribution in [0, 0.1) is 6.92 Å². The van der Waals surface area contributed by atoms with E-state index in [1.165, 1.54) is 0 Å². The highest BCUT2D eigenvalue weighted by atomic mass is 16.5. The van der Waals surface area contributed by atoms with Gasteiger partial charge >= 0.3 is 12.0 Å². The van der Waals surface area contributed by atoms with Crippen molar-refractivity contribution in [1.82, 2.24) is 24.6 Å². The number of benzene rings is 2. The number of ether oxygens (including phenoxy) is 2. The quantitative estimate of drug-likeness (QED) is 0.366. The zero-order valence-electron chi connectivity index (χ0n) is 21.8. The second kappa shape index (κ2) is 10.8. The Labute approximate surface area is 221 Å². The minimum atomic E-state index is -0.394. The van der Waals surface area contributed by atoms with Crippen molar-refractivity contribution >= 4 is 12.0 Å². The molecule has 1 aliphatic rings. The zero-order chi connectivity index (χ0) is 26.6. The predicted molar refractivity (Wildman–Crippen MR) is 143 cm³/mol. The summed E-state index contributed by atoms with van der Waals surface area (Å²) in [5.41, 5.74) is 4.58. The van der Waals surface area contributed by atoms with Gasteiger partial charge in [-0.3, -0.25) is 4.79 Å². The minimum Gasteiger partial charge on any atom is -0.497 e. The maximum Gasteiger partial charge on any atom is 0.318 e. The lowest BCUT2D eigenvalue weighted by molar-refractivity contribution is -0.142. The molecule has 0 aliphatic carbocycles. The number of urea groups is 1. The second-order valence-corrected chi connectivity index (χ2v) is 9.03. The van der Waals surface area contributed by atoms with E-state index in [1.807, 2.05) is 84.5 Å². The van der Waals surface area contributed by atoms with E-state index >= 15 is 0 Å². The summed E-state index contributed by atoms with van der Waals surface area (Å²) in [7, 11) is 1.63. The number of aryl methyl sites for hydroxylation is 1. The number of esters is 1. The van der Waals surface area contributed by atoms with Crippen molar-refractivity contribution in [1.29, 1.82) is 0 Å². The molecule has 2 aromatic carbocycles. The fourth-order valence-corrected chi connectivity index (χ4v) is 4.89. The molecule has 38 heavy (non-hydrogen) atoms. The van der Waals surface area contributed by atoms with E-state index in [1.54, 1.807) is 18.9 Å². The van der Waals surface area contributed by atoms with Crippen molar-refractivity contribution in [2.24, 2.45) is 0 Å². The lowest BCUT2D eigenvalue weighted by Gasteiger charge is -2.31. The molecule has 0 unspecified atom stereocenters. The molecule has 1 atom stereocenters. The minimum absolute atomic E-state index is 0.104. The molecule has 1 N–H and O–H groups in total. The number of rotatable bonds is 7. The molecule has 2 amide bonds. The number of methoxy groups -OCH3 is 1. The smallest absolute Gasteiger partial charge is 0.318 e. The Hall–Kier alpha value is -4.53. The van der Waals surface area contributed by atoms with Gasteiger partial charge in [0.1, 0.15) is 11.6 Å². The maximum atomic E-state index is 13.7. The molecule has 0 saturated carbocycles. The first kappa shape index (κ1) is 25.1. The van der Waals surface area contributed by atoms with Gasteiger partial charge in [0, 0.05) is 18.3 Å². The van der Waals surface area contributed by atoms with Gasteiger partial charge in [0.15, 0.2) is 0 Å². The molecule has 0 radical (unpaired) electrons. The van der Waals surface area contributed by atoms with Crippen molar-refractivity contribution in [3.63, 3.8) is 0 Å². The van der Waals surface area contributed by atoms with Gasteiger partial charge in [0.25, 0.3) is 0 Å². The summed E-state index contributed by atoms with van der Waals surface area (Å²) in [4.78, 5) is 27.4. The van der Waals surface area contributed by atoms with Crippen molar-refractivity contribution in [2.45, 2.75) is 32.9 Å². The van der Waals surface area contributed by atoms with Crippen LogP contribution in [0.5, 0.6) is 5.75 Å². The highest BCUT2D eigenvalue weighted by Crippen LogP contribution is 2.38. The van der Waals surface area contributed by atoms with Crippen LogP contribution in [0.4, 0.5) is 4.79 Å². The molecule has 0 bridgehead atoms. The number of fused-ring (bicyclic) bond motifs is 3. The zero-order valence-corrected chi connectivity index (χ0v) is 21.8. The molecule has 0 fully saturated rings. The third-order valence-corrected chi connectivity index (χ3v) is 6.69. The summed E-state index contributed by atoms with van der Waals surface area (Å²) in [5, 5.41) is 7.79.